The van der Waals surface area contributed by atoms with E-state index in [1.165, 1.54) is 0 Å². The van der Waals surface area contributed by atoms with Gasteiger partial charge in [0.15, 0.2) is 5.58 Å². The highest BCUT2D eigenvalue weighted by Crippen LogP contribution is 2.21. The summed E-state index contributed by atoms with van der Waals surface area (Å²) >= 11 is 0. The molecule has 2 aromatic heterocycles. The molecule has 0 atom stereocenters. The molecule has 114 valence electrons. The van der Waals surface area contributed by atoms with E-state index in [0.717, 1.165) is 16.5 Å². The van der Waals surface area contributed by atoms with E-state index < -0.39 is 5.76 Å². The molecule has 6 heteroatoms. The predicted molar refractivity (Wildman–Crippen MR) is 87.5 cm³/mol. The Labute approximate surface area is 130 Å². The van der Waals surface area contributed by atoms with Crippen LogP contribution in [0.2, 0.25) is 0 Å². The van der Waals surface area contributed by atoms with Crippen molar-refractivity contribution in [1.82, 2.24) is 9.97 Å². The number of carbonyl (C=O) groups is 1. The summed E-state index contributed by atoms with van der Waals surface area (Å²) in [5, 5.41) is 3.85. The van der Waals surface area contributed by atoms with Crippen molar-refractivity contribution >= 4 is 33.6 Å². The monoisotopic (exact) mass is 307 g/mol. The fourth-order valence-electron chi connectivity index (χ4n) is 2.66. The molecule has 0 radical (unpaired) electrons. The van der Waals surface area contributed by atoms with Gasteiger partial charge in [0.2, 0.25) is 5.91 Å². The number of anilines is 1. The number of benzene rings is 2. The summed E-state index contributed by atoms with van der Waals surface area (Å²) in [6.45, 7) is 0. The number of fused-ring (bicyclic) bond motifs is 2. The van der Waals surface area contributed by atoms with Crippen molar-refractivity contribution in [3.8, 4) is 0 Å². The van der Waals surface area contributed by atoms with E-state index >= 15 is 0 Å². The summed E-state index contributed by atoms with van der Waals surface area (Å²) in [5.41, 5.74) is 3.34. The average Bonchev–Trinajstić information content (AvgIpc) is 3.12. The van der Waals surface area contributed by atoms with Crippen LogP contribution in [0.25, 0.3) is 22.0 Å². The second-order valence-corrected chi connectivity index (χ2v) is 5.32. The van der Waals surface area contributed by atoms with Crippen molar-refractivity contribution < 1.29 is 9.21 Å². The minimum Gasteiger partial charge on any atom is -0.406 e. The molecule has 0 saturated carbocycles. The molecule has 0 aliphatic rings. The van der Waals surface area contributed by atoms with Crippen LogP contribution in [0.3, 0.4) is 0 Å². The number of nitrogens with one attached hydrogen (secondary N) is 3. The fraction of sp³-hybridized carbons (Fsp3) is 0.0588. The molecule has 0 unspecified atom stereocenters. The van der Waals surface area contributed by atoms with Crippen molar-refractivity contribution in [2.24, 2.45) is 0 Å². The van der Waals surface area contributed by atoms with Crippen molar-refractivity contribution in [1.29, 1.82) is 0 Å². The zero-order valence-corrected chi connectivity index (χ0v) is 12.1. The Morgan fingerprint density at radius 2 is 2.04 bits per heavy atom. The number of rotatable bonds is 3. The van der Waals surface area contributed by atoms with Gasteiger partial charge in [-0.2, -0.15) is 0 Å². The number of oxazole rings is 1. The van der Waals surface area contributed by atoms with E-state index in [1.807, 2.05) is 30.5 Å². The van der Waals surface area contributed by atoms with E-state index in [-0.39, 0.29) is 12.3 Å². The number of hydrogen-bond acceptors (Lipinski definition) is 3. The smallest absolute Gasteiger partial charge is 0.406 e. The largest absolute Gasteiger partial charge is 0.417 e. The molecule has 4 rings (SSSR count). The summed E-state index contributed by atoms with van der Waals surface area (Å²) in [7, 11) is 0. The lowest BCUT2D eigenvalue weighted by Crippen LogP contribution is -2.14. The van der Waals surface area contributed by atoms with Gasteiger partial charge in [-0.15, -0.1) is 0 Å². The fourth-order valence-corrected chi connectivity index (χ4v) is 2.66. The Hall–Kier alpha value is -3.28. The van der Waals surface area contributed by atoms with Gasteiger partial charge in [0, 0.05) is 11.7 Å². The molecule has 0 saturated heterocycles. The van der Waals surface area contributed by atoms with Crippen molar-refractivity contribution in [2.45, 2.75) is 6.42 Å². The second kappa shape index (κ2) is 5.17. The zero-order valence-electron chi connectivity index (χ0n) is 12.1. The third-order valence-corrected chi connectivity index (χ3v) is 3.70. The Kier molecular flexibility index (Phi) is 3.01. The van der Waals surface area contributed by atoms with Crippen LogP contribution in [0.5, 0.6) is 0 Å². The average molecular weight is 307 g/mol. The molecule has 0 bridgehead atoms. The van der Waals surface area contributed by atoms with Gasteiger partial charge in [-0.1, -0.05) is 12.1 Å². The van der Waals surface area contributed by atoms with Gasteiger partial charge in [0.1, 0.15) is 0 Å². The summed E-state index contributed by atoms with van der Waals surface area (Å²) in [6.07, 6.45) is 2.11. The van der Waals surface area contributed by atoms with E-state index in [1.54, 1.807) is 18.2 Å². The van der Waals surface area contributed by atoms with Crippen LogP contribution in [0, 0.1) is 0 Å². The van der Waals surface area contributed by atoms with Gasteiger partial charge in [0.25, 0.3) is 0 Å². The van der Waals surface area contributed by atoms with Crippen LogP contribution in [-0.4, -0.2) is 15.9 Å². The maximum atomic E-state index is 12.3. The SMILES string of the molecule is O=C(Cc1ccc2[nH]ccc2c1)Nc1cccc2[nH]c(=O)oc12. The summed E-state index contributed by atoms with van der Waals surface area (Å²) in [6, 6.07) is 13.0. The number of aromatic amines is 2. The van der Waals surface area contributed by atoms with Crippen LogP contribution in [-0.2, 0) is 11.2 Å². The Bertz CT molecular complexity index is 1070. The van der Waals surface area contributed by atoms with Crippen LogP contribution in [0.4, 0.5) is 5.69 Å². The molecule has 3 N–H and O–H groups in total. The van der Waals surface area contributed by atoms with Gasteiger partial charge in [-0.05, 0) is 41.3 Å². The molecule has 2 heterocycles. The Morgan fingerprint density at radius 3 is 2.96 bits per heavy atom. The highest BCUT2D eigenvalue weighted by molar-refractivity contribution is 5.99. The van der Waals surface area contributed by atoms with E-state index in [9.17, 15) is 9.59 Å². The lowest BCUT2D eigenvalue weighted by molar-refractivity contribution is -0.115. The van der Waals surface area contributed by atoms with Gasteiger partial charge < -0.3 is 14.7 Å². The predicted octanol–water partition coefficient (Wildman–Crippen LogP) is 2.78. The lowest BCUT2D eigenvalue weighted by atomic mass is 10.1. The van der Waals surface area contributed by atoms with Crippen molar-refractivity contribution in [3.05, 3.63) is 64.8 Å². The van der Waals surface area contributed by atoms with Crippen LogP contribution in [0.1, 0.15) is 5.56 Å². The van der Waals surface area contributed by atoms with Crippen molar-refractivity contribution in [2.75, 3.05) is 5.32 Å². The van der Waals surface area contributed by atoms with E-state index in [2.05, 4.69) is 15.3 Å². The van der Waals surface area contributed by atoms with Crippen LogP contribution in [0.15, 0.2) is 57.9 Å². The topological polar surface area (TPSA) is 90.9 Å². The summed E-state index contributed by atoms with van der Waals surface area (Å²) in [5.74, 6) is -0.712. The third-order valence-electron chi connectivity index (χ3n) is 3.70. The molecular weight excluding hydrogens is 294 g/mol. The molecule has 0 spiro atoms. The first kappa shape index (κ1) is 13.4. The van der Waals surface area contributed by atoms with Gasteiger partial charge in [0.05, 0.1) is 17.6 Å². The molecule has 0 aliphatic heterocycles. The summed E-state index contributed by atoms with van der Waals surface area (Å²) in [4.78, 5) is 29.2. The normalized spacial score (nSPS) is 11.1. The standard InChI is InChI=1S/C17H13N3O3/c21-15(9-10-4-5-12-11(8-10)6-7-18-12)19-13-2-1-3-14-16(13)23-17(22)20-14/h1-8,18H,9H2,(H,19,21)(H,20,22). The molecule has 0 aliphatic carbocycles. The third kappa shape index (κ3) is 2.50. The van der Waals surface area contributed by atoms with Gasteiger partial charge >= 0.3 is 5.76 Å². The first-order chi connectivity index (χ1) is 11.2. The molecule has 0 fully saturated rings. The van der Waals surface area contributed by atoms with Gasteiger partial charge in [-0.3, -0.25) is 9.78 Å². The molecule has 2 aromatic carbocycles. The quantitative estimate of drug-likeness (QED) is 0.543. The second-order valence-electron chi connectivity index (χ2n) is 5.32. The lowest BCUT2D eigenvalue weighted by Gasteiger charge is -2.06. The Morgan fingerprint density at radius 1 is 1.13 bits per heavy atom. The van der Waals surface area contributed by atoms with Crippen LogP contribution < -0.4 is 11.1 Å². The van der Waals surface area contributed by atoms with E-state index in [0.29, 0.717) is 16.8 Å². The first-order valence-corrected chi connectivity index (χ1v) is 7.17. The molecule has 23 heavy (non-hydrogen) atoms. The maximum absolute atomic E-state index is 12.3. The maximum Gasteiger partial charge on any atom is 0.417 e. The number of aromatic nitrogens is 2. The minimum absolute atomic E-state index is 0.170. The molecular formula is C17H13N3O3. The number of hydrogen-bond donors (Lipinski definition) is 3. The number of H-pyrrole nitrogens is 2. The Balaban J connectivity index is 1.58. The zero-order chi connectivity index (χ0) is 15.8. The molecule has 1 amide bonds. The highest BCUT2D eigenvalue weighted by atomic mass is 16.4. The minimum atomic E-state index is -0.542. The summed E-state index contributed by atoms with van der Waals surface area (Å²) < 4.78 is 5.07. The van der Waals surface area contributed by atoms with E-state index in [4.69, 9.17) is 4.42 Å². The van der Waals surface area contributed by atoms with Crippen molar-refractivity contribution in [3.63, 3.8) is 0 Å². The number of carbonyl (C=O) groups excluding carboxylic acids is 1. The van der Waals surface area contributed by atoms with Gasteiger partial charge in [-0.25, -0.2) is 4.79 Å². The number of para-hydroxylation sites is 1. The molecule has 4 aromatic rings. The first-order valence-electron chi connectivity index (χ1n) is 7.17. The highest BCUT2D eigenvalue weighted by Gasteiger charge is 2.10. The number of amides is 1. The van der Waals surface area contributed by atoms with Crippen LogP contribution >= 0.6 is 0 Å². The molecule has 6 nitrogen and oxygen atoms in total.